The molecule has 1 fully saturated rings. The molecule has 0 radical (unpaired) electrons. The van der Waals surface area contributed by atoms with Gasteiger partial charge in [0.05, 0.1) is 23.3 Å². The quantitative estimate of drug-likeness (QED) is 0.303. The number of aromatic nitrogens is 4. The highest BCUT2D eigenvalue weighted by atomic mass is 19.1. The molecular weight excluding hydrogens is 447 g/mol. The van der Waals surface area contributed by atoms with Crippen molar-refractivity contribution in [1.82, 2.24) is 30.2 Å². The molecule has 1 amide bonds. The molecule has 0 unspecified atom stereocenters. The van der Waals surface area contributed by atoms with Gasteiger partial charge in [-0.05, 0) is 36.6 Å². The topological polar surface area (TPSA) is 97.9 Å². The third-order valence-electron chi connectivity index (χ3n) is 6.27. The zero-order valence-corrected chi connectivity index (χ0v) is 19.5. The van der Waals surface area contributed by atoms with Crippen LogP contribution < -0.4 is 10.6 Å². The van der Waals surface area contributed by atoms with Crippen LogP contribution in [0.1, 0.15) is 47.2 Å². The van der Waals surface area contributed by atoms with Gasteiger partial charge in [-0.2, -0.15) is 0 Å². The Labute approximate surface area is 203 Å². The van der Waals surface area contributed by atoms with E-state index in [0.717, 1.165) is 36.8 Å². The molecule has 1 aliphatic rings. The number of pyridine rings is 1. The first kappa shape index (κ1) is 23.2. The SMILES string of the molecule is O=C(NCc1ncccc1F)c1coc(CCNCCc2nc3ccccc3n2CCC2CC2)n1. The maximum Gasteiger partial charge on any atom is 0.273 e. The molecule has 1 saturated carbocycles. The molecule has 5 rings (SSSR count). The lowest BCUT2D eigenvalue weighted by Crippen LogP contribution is -2.24. The number of rotatable bonds is 12. The van der Waals surface area contributed by atoms with Gasteiger partial charge in [0.15, 0.2) is 11.6 Å². The minimum absolute atomic E-state index is 0.0132. The summed E-state index contributed by atoms with van der Waals surface area (Å²) < 4.78 is 21.4. The Morgan fingerprint density at radius 2 is 1.97 bits per heavy atom. The van der Waals surface area contributed by atoms with Gasteiger partial charge in [0.2, 0.25) is 0 Å². The molecule has 4 aromatic rings. The zero-order valence-electron chi connectivity index (χ0n) is 19.5. The number of carbonyl (C=O) groups is 1. The van der Waals surface area contributed by atoms with E-state index in [4.69, 9.17) is 9.40 Å². The van der Waals surface area contributed by atoms with Gasteiger partial charge in [-0.25, -0.2) is 14.4 Å². The summed E-state index contributed by atoms with van der Waals surface area (Å²) in [6, 6.07) is 11.1. The number of imidazole rings is 1. The number of nitrogens with zero attached hydrogens (tertiary/aromatic N) is 4. The van der Waals surface area contributed by atoms with Crippen molar-refractivity contribution < 1.29 is 13.6 Å². The Morgan fingerprint density at radius 1 is 1.11 bits per heavy atom. The third-order valence-corrected chi connectivity index (χ3v) is 6.27. The van der Waals surface area contributed by atoms with Crippen molar-refractivity contribution in [1.29, 1.82) is 0 Å². The molecule has 3 aromatic heterocycles. The Balaban J connectivity index is 1.08. The van der Waals surface area contributed by atoms with Crippen molar-refractivity contribution in [3.8, 4) is 0 Å². The number of para-hydroxylation sites is 2. The lowest BCUT2D eigenvalue weighted by Gasteiger charge is -2.09. The average molecular weight is 477 g/mol. The van der Waals surface area contributed by atoms with Crippen LogP contribution in [0, 0.1) is 11.7 Å². The zero-order chi connectivity index (χ0) is 24.0. The maximum atomic E-state index is 13.6. The van der Waals surface area contributed by atoms with Crippen molar-refractivity contribution >= 4 is 16.9 Å². The summed E-state index contributed by atoms with van der Waals surface area (Å²) >= 11 is 0. The normalized spacial score (nSPS) is 13.4. The van der Waals surface area contributed by atoms with Crippen LogP contribution in [0.5, 0.6) is 0 Å². The summed E-state index contributed by atoms with van der Waals surface area (Å²) in [5, 5.41) is 6.03. The summed E-state index contributed by atoms with van der Waals surface area (Å²) in [5.74, 6) is 1.58. The molecule has 3 heterocycles. The van der Waals surface area contributed by atoms with Crippen molar-refractivity contribution in [3.05, 3.63) is 77.8 Å². The number of hydrogen-bond donors (Lipinski definition) is 2. The first-order valence-electron chi connectivity index (χ1n) is 12.1. The van der Waals surface area contributed by atoms with Crippen LogP contribution in [0.25, 0.3) is 11.0 Å². The molecule has 0 atom stereocenters. The predicted octanol–water partition coefficient (Wildman–Crippen LogP) is 3.66. The molecular formula is C26H29FN6O2. The second kappa shape index (κ2) is 10.8. The smallest absolute Gasteiger partial charge is 0.273 e. The Bertz CT molecular complexity index is 1300. The summed E-state index contributed by atoms with van der Waals surface area (Å²) in [7, 11) is 0. The van der Waals surface area contributed by atoms with E-state index in [0.29, 0.717) is 18.9 Å². The number of amides is 1. The van der Waals surface area contributed by atoms with E-state index in [9.17, 15) is 9.18 Å². The lowest BCUT2D eigenvalue weighted by molar-refractivity contribution is 0.0945. The van der Waals surface area contributed by atoms with E-state index < -0.39 is 11.7 Å². The Kier molecular flexibility index (Phi) is 7.13. The van der Waals surface area contributed by atoms with E-state index >= 15 is 0 Å². The van der Waals surface area contributed by atoms with Gasteiger partial charge < -0.3 is 19.6 Å². The second-order valence-corrected chi connectivity index (χ2v) is 8.89. The van der Waals surface area contributed by atoms with Crippen LogP contribution in [-0.2, 0) is 25.9 Å². The van der Waals surface area contributed by atoms with Crippen LogP contribution in [-0.4, -0.2) is 38.5 Å². The lowest BCUT2D eigenvalue weighted by atomic mass is 10.2. The minimum Gasteiger partial charge on any atom is -0.448 e. The highest BCUT2D eigenvalue weighted by Crippen LogP contribution is 2.33. The van der Waals surface area contributed by atoms with Gasteiger partial charge in [0, 0.05) is 38.7 Å². The van der Waals surface area contributed by atoms with Crippen LogP contribution >= 0.6 is 0 Å². The van der Waals surface area contributed by atoms with Crippen LogP contribution in [0.15, 0.2) is 53.3 Å². The van der Waals surface area contributed by atoms with E-state index in [-0.39, 0.29) is 17.9 Å². The largest absolute Gasteiger partial charge is 0.448 e. The third kappa shape index (κ3) is 5.92. The Morgan fingerprint density at radius 3 is 2.83 bits per heavy atom. The number of carbonyl (C=O) groups excluding carboxylic acids is 1. The number of benzene rings is 1. The first-order chi connectivity index (χ1) is 17.2. The van der Waals surface area contributed by atoms with Gasteiger partial charge in [0.1, 0.15) is 17.9 Å². The fraction of sp³-hybridized carbons (Fsp3) is 0.385. The molecule has 8 nitrogen and oxygen atoms in total. The molecule has 1 aliphatic carbocycles. The average Bonchev–Trinajstić information content (AvgIpc) is 3.46. The molecule has 2 N–H and O–H groups in total. The van der Waals surface area contributed by atoms with Gasteiger partial charge in [-0.1, -0.05) is 25.0 Å². The highest BCUT2D eigenvalue weighted by molar-refractivity contribution is 5.91. The van der Waals surface area contributed by atoms with Crippen LogP contribution in [0.4, 0.5) is 4.39 Å². The second-order valence-electron chi connectivity index (χ2n) is 8.89. The molecule has 1 aromatic carbocycles. The fourth-order valence-corrected chi connectivity index (χ4v) is 4.14. The van der Waals surface area contributed by atoms with Gasteiger partial charge in [-0.3, -0.25) is 9.78 Å². The molecule has 0 saturated heterocycles. The summed E-state index contributed by atoms with van der Waals surface area (Å²) in [4.78, 5) is 25.3. The number of halogens is 1. The molecule has 35 heavy (non-hydrogen) atoms. The molecule has 0 bridgehead atoms. The standard InChI is InChI=1S/C26H29FN6O2/c27-19-4-3-12-29-21(19)16-30-26(34)22-17-35-25(32-22)10-14-28-13-9-24-31-20-5-1-2-6-23(20)33(24)15-11-18-7-8-18/h1-6,12,17-18,28H,7-11,13-16H2,(H,30,34). The first-order valence-corrected chi connectivity index (χ1v) is 12.1. The number of oxazole rings is 1. The number of hydrogen-bond acceptors (Lipinski definition) is 6. The molecule has 0 aliphatic heterocycles. The summed E-state index contributed by atoms with van der Waals surface area (Å²) in [6.45, 7) is 2.47. The van der Waals surface area contributed by atoms with E-state index in [2.05, 4.69) is 43.4 Å². The van der Waals surface area contributed by atoms with Crippen molar-refractivity contribution in [2.75, 3.05) is 13.1 Å². The number of fused-ring (bicyclic) bond motifs is 1. The van der Waals surface area contributed by atoms with Gasteiger partial charge in [-0.15, -0.1) is 0 Å². The van der Waals surface area contributed by atoms with Gasteiger partial charge >= 0.3 is 0 Å². The number of nitrogens with one attached hydrogen (secondary N) is 2. The van der Waals surface area contributed by atoms with Crippen molar-refractivity contribution in [2.24, 2.45) is 5.92 Å². The Hall–Kier alpha value is -3.59. The van der Waals surface area contributed by atoms with E-state index in [1.54, 1.807) is 0 Å². The number of aryl methyl sites for hydroxylation is 1. The van der Waals surface area contributed by atoms with Crippen LogP contribution in [0.3, 0.4) is 0 Å². The molecule has 0 spiro atoms. The summed E-state index contributed by atoms with van der Waals surface area (Å²) in [6.07, 6.45) is 8.13. The van der Waals surface area contributed by atoms with Crippen molar-refractivity contribution in [2.45, 2.75) is 45.2 Å². The van der Waals surface area contributed by atoms with Gasteiger partial charge in [0.25, 0.3) is 5.91 Å². The molecule has 9 heteroatoms. The van der Waals surface area contributed by atoms with E-state index in [1.165, 1.54) is 49.4 Å². The van der Waals surface area contributed by atoms with E-state index in [1.807, 2.05) is 6.07 Å². The monoisotopic (exact) mass is 476 g/mol. The highest BCUT2D eigenvalue weighted by Gasteiger charge is 2.22. The molecule has 182 valence electrons. The predicted molar refractivity (Wildman–Crippen MR) is 129 cm³/mol. The maximum absolute atomic E-state index is 13.6. The summed E-state index contributed by atoms with van der Waals surface area (Å²) in [5.41, 5.74) is 2.60. The van der Waals surface area contributed by atoms with Crippen LogP contribution in [0.2, 0.25) is 0 Å². The minimum atomic E-state index is -0.460. The fourth-order valence-electron chi connectivity index (χ4n) is 4.14. The van der Waals surface area contributed by atoms with Crippen molar-refractivity contribution in [3.63, 3.8) is 0 Å².